The van der Waals surface area contributed by atoms with E-state index in [4.69, 9.17) is 4.74 Å². The molecule has 36 heavy (non-hydrogen) atoms. The summed E-state index contributed by atoms with van der Waals surface area (Å²) in [5, 5.41) is 14.0. The Bertz CT molecular complexity index is 1510. The predicted octanol–water partition coefficient (Wildman–Crippen LogP) is 7.75. The maximum Gasteiger partial charge on any atom is 0.416 e. The fourth-order valence-electron chi connectivity index (χ4n) is 3.50. The maximum atomic E-state index is 12.9. The lowest BCUT2D eigenvalue weighted by molar-refractivity contribution is -0.137. The molecule has 0 aliphatic rings. The van der Waals surface area contributed by atoms with Crippen molar-refractivity contribution in [2.75, 3.05) is 5.32 Å². The number of amides is 1. The second-order valence-electron chi connectivity index (χ2n) is 7.86. The van der Waals surface area contributed by atoms with Gasteiger partial charge >= 0.3 is 6.18 Å². The molecule has 0 aliphatic carbocycles. The molecule has 0 radical (unpaired) electrons. The molecular weight excluding hydrogens is 533 g/mol. The van der Waals surface area contributed by atoms with Crippen LogP contribution in [0.2, 0.25) is 0 Å². The van der Waals surface area contributed by atoms with Gasteiger partial charge in [-0.25, -0.2) is 0 Å². The van der Waals surface area contributed by atoms with Crippen molar-refractivity contribution >= 4 is 44.4 Å². The van der Waals surface area contributed by atoms with Crippen LogP contribution in [0, 0.1) is 11.3 Å². The average Bonchev–Trinajstić information content (AvgIpc) is 2.86. The van der Waals surface area contributed by atoms with Crippen molar-refractivity contribution in [1.29, 1.82) is 5.26 Å². The number of anilines is 1. The number of nitrogens with one attached hydrogen (secondary N) is 1. The summed E-state index contributed by atoms with van der Waals surface area (Å²) in [6, 6.07) is 25.2. The van der Waals surface area contributed by atoms with E-state index in [2.05, 4.69) is 27.3 Å². The zero-order valence-electron chi connectivity index (χ0n) is 18.6. The van der Waals surface area contributed by atoms with Gasteiger partial charge in [-0.15, -0.1) is 0 Å². The third-order valence-corrected chi connectivity index (χ3v) is 5.91. The molecule has 0 unspecified atom stereocenters. The van der Waals surface area contributed by atoms with E-state index in [1.165, 1.54) is 18.2 Å². The van der Waals surface area contributed by atoms with Crippen molar-refractivity contribution in [3.63, 3.8) is 0 Å². The molecule has 0 spiro atoms. The Morgan fingerprint density at radius 3 is 2.47 bits per heavy atom. The Morgan fingerprint density at radius 2 is 1.75 bits per heavy atom. The van der Waals surface area contributed by atoms with Crippen molar-refractivity contribution in [3.8, 4) is 11.8 Å². The quantitative estimate of drug-likeness (QED) is 0.197. The average molecular weight is 551 g/mol. The molecule has 180 valence electrons. The summed E-state index contributed by atoms with van der Waals surface area (Å²) in [4.78, 5) is 12.5. The molecule has 4 nitrogen and oxygen atoms in total. The second-order valence-corrected chi connectivity index (χ2v) is 8.72. The highest BCUT2D eigenvalue weighted by molar-refractivity contribution is 9.10. The standard InChI is InChI=1S/C28H18BrF3N2O2/c29-25-14-18(9-11-26(25)36-17-19-8-10-20-4-1-2-5-21(20)13-19)12-22(16-33)27(35)34-24-7-3-6-23(15-24)28(30,31)32/h1-15H,17H2,(H,34,35)/b22-12-. The third-order valence-electron chi connectivity index (χ3n) is 5.29. The van der Waals surface area contributed by atoms with Crippen LogP contribution in [-0.4, -0.2) is 5.91 Å². The minimum atomic E-state index is -4.54. The summed E-state index contributed by atoms with van der Waals surface area (Å²) in [7, 11) is 0. The number of benzene rings is 4. The van der Waals surface area contributed by atoms with E-state index in [0.717, 1.165) is 28.5 Å². The lowest BCUT2D eigenvalue weighted by Crippen LogP contribution is -2.14. The van der Waals surface area contributed by atoms with Crippen LogP contribution in [0.5, 0.6) is 5.75 Å². The SMILES string of the molecule is N#C/C(=C/c1ccc(OCc2ccc3ccccc3c2)c(Br)c1)C(=O)Nc1cccc(C(F)(F)F)c1. The van der Waals surface area contributed by atoms with Crippen molar-refractivity contribution in [1.82, 2.24) is 0 Å². The number of carbonyl (C=O) groups is 1. The van der Waals surface area contributed by atoms with E-state index in [1.54, 1.807) is 24.3 Å². The second kappa shape index (κ2) is 10.7. The summed E-state index contributed by atoms with van der Waals surface area (Å²) in [6.07, 6.45) is -3.19. The highest BCUT2D eigenvalue weighted by Crippen LogP contribution is 2.31. The molecule has 0 fully saturated rings. The van der Waals surface area contributed by atoms with E-state index in [0.29, 0.717) is 22.4 Å². The first-order valence-electron chi connectivity index (χ1n) is 10.7. The van der Waals surface area contributed by atoms with Crippen LogP contribution >= 0.6 is 15.9 Å². The summed E-state index contributed by atoms with van der Waals surface area (Å²) < 4.78 is 45.3. The fraction of sp³-hybridized carbons (Fsp3) is 0.0714. The van der Waals surface area contributed by atoms with Gasteiger partial charge in [-0.2, -0.15) is 18.4 Å². The first-order valence-corrected chi connectivity index (χ1v) is 11.5. The minimum Gasteiger partial charge on any atom is -0.488 e. The third kappa shape index (κ3) is 6.12. The number of nitrogens with zero attached hydrogens (tertiary/aromatic N) is 1. The summed E-state index contributed by atoms with van der Waals surface area (Å²) in [5.74, 6) is -0.239. The van der Waals surface area contributed by atoms with Crippen LogP contribution in [0.25, 0.3) is 16.8 Å². The summed E-state index contributed by atoms with van der Waals surface area (Å²) in [5.41, 5.74) is 0.322. The number of alkyl halides is 3. The van der Waals surface area contributed by atoms with Gasteiger partial charge in [0.15, 0.2) is 0 Å². The smallest absolute Gasteiger partial charge is 0.416 e. The number of ether oxygens (including phenoxy) is 1. The number of fused-ring (bicyclic) bond motifs is 1. The largest absolute Gasteiger partial charge is 0.488 e. The Kier molecular flexibility index (Phi) is 7.41. The molecule has 4 aromatic carbocycles. The van der Waals surface area contributed by atoms with Gasteiger partial charge in [-0.1, -0.05) is 48.5 Å². The molecule has 1 amide bonds. The van der Waals surface area contributed by atoms with E-state index >= 15 is 0 Å². The van der Waals surface area contributed by atoms with Gasteiger partial charge in [0, 0.05) is 5.69 Å². The Morgan fingerprint density at radius 1 is 0.972 bits per heavy atom. The molecule has 1 N–H and O–H groups in total. The van der Waals surface area contributed by atoms with Crippen molar-refractivity contribution in [2.45, 2.75) is 12.8 Å². The first kappa shape index (κ1) is 25.0. The molecule has 0 heterocycles. The van der Waals surface area contributed by atoms with Crippen molar-refractivity contribution in [2.24, 2.45) is 0 Å². The first-order chi connectivity index (χ1) is 17.2. The number of hydrogen-bond donors (Lipinski definition) is 1. The van der Waals surface area contributed by atoms with Gasteiger partial charge in [-0.3, -0.25) is 4.79 Å². The number of hydrogen-bond acceptors (Lipinski definition) is 3. The Hall–Kier alpha value is -4.09. The summed E-state index contributed by atoms with van der Waals surface area (Å²) >= 11 is 3.45. The number of nitriles is 1. The lowest BCUT2D eigenvalue weighted by atomic mass is 10.1. The molecule has 8 heteroatoms. The molecule has 0 aliphatic heterocycles. The number of carbonyl (C=O) groups excluding carboxylic acids is 1. The number of halogens is 4. The van der Waals surface area contributed by atoms with Crippen LogP contribution in [0.4, 0.5) is 18.9 Å². The van der Waals surface area contributed by atoms with Crippen LogP contribution in [-0.2, 0) is 17.6 Å². The molecule has 0 bridgehead atoms. The van der Waals surface area contributed by atoms with Crippen LogP contribution < -0.4 is 10.1 Å². The minimum absolute atomic E-state index is 0.0606. The van der Waals surface area contributed by atoms with E-state index in [9.17, 15) is 23.2 Å². The molecule has 4 rings (SSSR count). The van der Waals surface area contributed by atoms with Crippen LogP contribution in [0.1, 0.15) is 16.7 Å². The van der Waals surface area contributed by atoms with Gasteiger partial charge in [0.25, 0.3) is 5.91 Å². The highest BCUT2D eigenvalue weighted by atomic mass is 79.9. The zero-order chi connectivity index (χ0) is 25.7. The monoisotopic (exact) mass is 550 g/mol. The molecule has 4 aromatic rings. The van der Waals surface area contributed by atoms with E-state index < -0.39 is 17.6 Å². The number of rotatable bonds is 6. The topological polar surface area (TPSA) is 62.1 Å². The van der Waals surface area contributed by atoms with Crippen molar-refractivity contribution < 1.29 is 22.7 Å². The van der Waals surface area contributed by atoms with Gasteiger partial charge in [0.05, 0.1) is 10.0 Å². The molecule has 0 aromatic heterocycles. The highest BCUT2D eigenvalue weighted by Gasteiger charge is 2.30. The van der Waals surface area contributed by atoms with Gasteiger partial charge in [0.1, 0.15) is 24.0 Å². The van der Waals surface area contributed by atoms with E-state index in [-0.39, 0.29) is 11.3 Å². The van der Waals surface area contributed by atoms with Gasteiger partial charge < -0.3 is 10.1 Å². The molecule has 0 saturated carbocycles. The Balaban J connectivity index is 1.45. The van der Waals surface area contributed by atoms with Crippen LogP contribution in [0.15, 0.2) is 95.0 Å². The zero-order valence-corrected chi connectivity index (χ0v) is 20.2. The molecule has 0 saturated heterocycles. The maximum absolute atomic E-state index is 12.9. The Labute approximate surface area is 213 Å². The van der Waals surface area contributed by atoms with Gasteiger partial charge in [0.2, 0.25) is 0 Å². The van der Waals surface area contributed by atoms with Crippen molar-refractivity contribution in [3.05, 3.63) is 112 Å². The predicted molar refractivity (Wildman–Crippen MR) is 136 cm³/mol. The fourth-order valence-corrected chi connectivity index (χ4v) is 4.01. The normalized spacial score (nSPS) is 11.7. The van der Waals surface area contributed by atoms with E-state index in [1.807, 2.05) is 36.4 Å². The van der Waals surface area contributed by atoms with Gasteiger partial charge in [-0.05, 0) is 80.3 Å². The molecular formula is C28H18BrF3N2O2. The lowest BCUT2D eigenvalue weighted by Gasteiger charge is -2.10. The molecule has 0 atom stereocenters. The van der Waals surface area contributed by atoms with Crippen LogP contribution in [0.3, 0.4) is 0 Å². The summed E-state index contributed by atoms with van der Waals surface area (Å²) in [6.45, 7) is 0.349.